The number of hydrogen-bond donors (Lipinski definition) is 0. The van der Waals surface area contributed by atoms with Crippen LogP contribution in [0.4, 0.5) is 4.39 Å². The molecule has 0 nitrogen and oxygen atoms in total. The summed E-state index contributed by atoms with van der Waals surface area (Å²) >= 11 is 0. The highest BCUT2D eigenvalue weighted by atomic mass is 19.1. The second kappa shape index (κ2) is 9.35. The van der Waals surface area contributed by atoms with Crippen molar-refractivity contribution in [2.45, 2.75) is 77.6 Å². The van der Waals surface area contributed by atoms with E-state index in [-0.39, 0.29) is 5.82 Å². The fourth-order valence-electron chi connectivity index (χ4n) is 4.46. The highest BCUT2D eigenvalue weighted by molar-refractivity contribution is 5.65. The van der Waals surface area contributed by atoms with Crippen molar-refractivity contribution < 1.29 is 4.39 Å². The average molecular weight is 353 g/mol. The highest BCUT2D eigenvalue weighted by Gasteiger charge is 2.22. The summed E-state index contributed by atoms with van der Waals surface area (Å²) in [6, 6.07) is 14.3. The summed E-state index contributed by atoms with van der Waals surface area (Å²) in [6.45, 7) is 4.36. The molecule has 0 aliphatic heterocycles. The fourth-order valence-corrected chi connectivity index (χ4v) is 4.46. The molecule has 26 heavy (non-hydrogen) atoms. The molecule has 2 aromatic rings. The van der Waals surface area contributed by atoms with Gasteiger partial charge in [0, 0.05) is 0 Å². The van der Waals surface area contributed by atoms with Gasteiger partial charge in [-0.05, 0) is 78.3 Å². The Morgan fingerprint density at radius 1 is 0.885 bits per heavy atom. The lowest BCUT2D eigenvalue weighted by atomic mass is 9.76. The van der Waals surface area contributed by atoms with Crippen molar-refractivity contribution in [2.24, 2.45) is 5.92 Å². The second-order valence-electron chi connectivity index (χ2n) is 8.04. The van der Waals surface area contributed by atoms with Crippen LogP contribution < -0.4 is 0 Å². The maximum Gasteiger partial charge on any atom is 0.124 e. The Labute approximate surface area is 158 Å². The van der Waals surface area contributed by atoms with Crippen LogP contribution in [0.3, 0.4) is 0 Å². The smallest absolute Gasteiger partial charge is 0.124 e. The Balaban J connectivity index is 1.68. The van der Waals surface area contributed by atoms with E-state index in [9.17, 15) is 4.39 Å². The van der Waals surface area contributed by atoms with Crippen LogP contribution >= 0.6 is 0 Å². The van der Waals surface area contributed by atoms with Gasteiger partial charge in [-0.15, -0.1) is 0 Å². The molecule has 0 bridgehead atoms. The zero-order valence-corrected chi connectivity index (χ0v) is 16.4. The van der Waals surface area contributed by atoms with Gasteiger partial charge in [-0.1, -0.05) is 69.9 Å². The largest absolute Gasteiger partial charge is 0.207 e. The maximum absolute atomic E-state index is 13.9. The normalized spacial score (nSPS) is 20.3. The minimum atomic E-state index is -0.127. The van der Waals surface area contributed by atoms with E-state index in [0.717, 1.165) is 29.0 Å². The van der Waals surface area contributed by atoms with E-state index in [1.54, 1.807) is 12.1 Å². The predicted molar refractivity (Wildman–Crippen MR) is 110 cm³/mol. The van der Waals surface area contributed by atoms with Crippen LogP contribution in [-0.4, -0.2) is 0 Å². The standard InChI is InChI=1S/C25H33F/c1-3-5-6-8-20-11-13-21(14-12-20)22-9-7-10-23(17-22)24-15-19(4-2)16-25(26)18-24/h7,9-10,15-18,20-21H,3-6,8,11-14H2,1-2H3/t20-,21-. The van der Waals surface area contributed by atoms with Crippen molar-refractivity contribution in [3.05, 3.63) is 59.4 Å². The predicted octanol–water partition coefficient (Wildman–Crippen LogP) is 7.91. The number of benzene rings is 2. The third-order valence-electron chi connectivity index (χ3n) is 6.12. The number of hydrogen-bond acceptors (Lipinski definition) is 0. The molecule has 1 aliphatic carbocycles. The van der Waals surface area contributed by atoms with Crippen molar-refractivity contribution in [3.63, 3.8) is 0 Å². The van der Waals surface area contributed by atoms with E-state index in [0.29, 0.717) is 5.92 Å². The van der Waals surface area contributed by atoms with E-state index >= 15 is 0 Å². The molecule has 140 valence electrons. The Hall–Kier alpha value is -1.63. The van der Waals surface area contributed by atoms with Crippen molar-refractivity contribution in [1.82, 2.24) is 0 Å². The first-order valence-corrected chi connectivity index (χ1v) is 10.6. The number of halogens is 1. The third-order valence-corrected chi connectivity index (χ3v) is 6.12. The molecule has 0 amide bonds. The maximum atomic E-state index is 13.9. The van der Waals surface area contributed by atoms with Gasteiger partial charge in [0.05, 0.1) is 0 Å². The van der Waals surface area contributed by atoms with Crippen molar-refractivity contribution >= 4 is 0 Å². The molecular weight excluding hydrogens is 319 g/mol. The molecule has 1 heteroatoms. The summed E-state index contributed by atoms with van der Waals surface area (Å²) in [5.41, 5.74) is 4.67. The molecule has 0 radical (unpaired) electrons. The van der Waals surface area contributed by atoms with Crippen LogP contribution in [0.2, 0.25) is 0 Å². The lowest BCUT2D eigenvalue weighted by Crippen LogP contribution is -2.13. The SMILES string of the molecule is CCCCC[C@H]1CC[C@H](c2cccc(-c3cc(F)cc(CC)c3)c2)CC1. The molecule has 0 atom stereocenters. The average Bonchev–Trinajstić information content (AvgIpc) is 2.68. The summed E-state index contributed by atoms with van der Waals surface area (Å²) < 4.78 is 13.9. The van der Waals surface area contributed by atoms with Gasteiger partial charge in [-0.3, -0.25) is 0 Å². The summed E-state index contributed by atoms with van der Waals surface area (Å²) in [7, 11) is 0. The Morgan fingerprint density at radius 3 is 2.42 bits per heavy atom. The number of unbranched alkanes of at least 4 members (excludes halogenated alkanes) is 2. The minimum Gasteiger partial charge on any atom is -0.207 e. The Morgan fingerprint density at radius 2 is 1.69 bits per heavy atom. The Kier molecular flexibility index (Phi) is 6.88. The van der Waals surface area contributed by atoms with Gasteiger partial charge in [0.25, 0.3) is 0 Å². The zero-order chi connectivity index (χ0) is 18.4. The molecule has 1 saturated carbocycles. The van der Waals surface area contributed by atoms with Gasteiger partial charge in [-0.25, -0.2) is 4.39 Å². The minimum absolute atomic E-state index is 0.127. The number of rotatable bonds is 7. The monoisotopic (exact) mass is 352 g/mol. The lowest BCUT2D eigenvalue weighted by Gasteiger charge is -2.29. The molecule has 0 heterocycles. The molecule has 0 unspecified atom stereocenters. The van der Waals surface area contributed by atoms with E-state index < -0.39 is 0 Å². The van der Waals surface area contributed by atoms with Gasteiger partial charge in [0.15, 0.2) is 0 Å². The summed E-state index contributed by atoms with van der Waals surface area (Å²) in [5.74, 6) is 1.49. The number of aryl methyl sites for hydroxylation is 1. The molecule has 0 spiro atoms. The molecule has 1 aliphatic rings. The van der Waals surface area contributed by atoms with Crippen molar-refractivity contribution in [1.29, 1.82) is 0 Å². The first-order chi connectivity index (χ1) is 12.7. The van der Waals surface area contributed by atoms with Crippen LogP contribution in [0.5, 0.6) is 0 Å². The van der Waals surface area contributed by atoms with Gasteiger partial charge in [0.1, 0.15) is 5.82 Å². The van der Waals surface area contributed by atoms with Crippen LogP contribution in [-0.2, 0) is 6.42 Å². The Bertz CT molecular complexity index is 695. The molecule has 1 fully saturated rings. The van der Waals surface area contributed by atoms with E-state index in [1.807, 2.05) is 0 Å². The topological polar surface area (TPSA) is 0 Å². The molecular formula is C25H33F. The van der Waals surface area contributed by atoms with Crippen molar-refractivity contribution in [3.8, 4) is 11.1 Å². The first kappa shape index (κ1) is 19.1. The van der Waals surface area contributed by atoms with Crippen LogP contribution in [0.1, 0.15) is 82.3 Å². The summed E-state index contributed by atoms with van der Waals surface area (Å²) in [6.07, 6.45) is 11.8. The van der Waals surface area contributed by atoms with E-state index in [4.69, 9.17) is 0 Å². The van der Waals surface area contributed by atoms with E-state index in [2.05, 4.69) is 44.2 Å². The zero-order valence-electron chi connectivity index (χ0n) is 16.4. The molecule has 0 aromatic heterocycles. The molecule has 3 rings (SSSR count). The first-order valence-electron chi connectivity index (χ1n) is 10.6. The lowest BCUT2D eigenvalue weighted by molar-refractivity contribution is 0.303. The van der Waals surface area contributed by atoms with Gasteiger partial charge < -0.3 is 0 Å². The van der Waals surface area contributed by atoms with Crippen molar-refractivity contribution in [2.75, 3.05) is 0 Å². The summed E-state index contributed by atoms with van der Waals surface area (Å²) in [4.78, 5) is 0. The highest BCUT2D eigenvalue weighted by Crippen LogP contribution is 2.38. The van der Waals surface area contributed by atoms with Crippen LogP contribution in [0.15, 0.2) is 42.5 Å². The van der Waals surface area contributed by atoms with Gasteiger partial charge in [0.2, 0.25) is 0 Å². The second-order valence-corrected chi connectivity index (χ2v) is 8.04. The van der Waals surface area contributed by atoms with Crippen LogP contribution in [0, 0.1) is 11.7 Å². The third kappa shape index (κ3) is 4.96. The quantitative estimate of drug-likeness (QED) is 0.444. The summed E-state index contributed by atoms with van der Waals surface area (Å²) in [5, 5.41) is 0. The molecule has 0 saturated heterocycles. The molecule has 0 N–H and O–H groups in total. The molecule has 2 aromatic carbocycles. The van der Waals surface area contributed by atoms with Crippen LogP contribution in [0.25, 0.3) is 11.1 Å². The van der Waals surface area contributed by atoms with Gasteiger partial charge in [-0.2, -0.15) is 0 Å². The van der Waals surface area contributed by atoms with Gasteiger partial charge >= 0.3 is 0 Å². The fraction of sp³-hybridized carbons (Fsp3) is 0.520. The van der Waals surface area contributed by atoms with E-state index in [1.165, 1.54) is 56.9 Å².